The van der Waals surface area contributed by atoms with Crippen molar-refractivity contribution in [1.82, 2.24) is 9.88 Å². The van der Waals surface area contributed by atoms with Crippen molar-refractivity contribution < 1.29 is 5.11 Å². The minimum absolute atomic E-state index is 0.216. The second-order valence-corrected chi connectivity index (χ2v) is 5.54. The van der Waals surface area contributed by atoms with Gasteiger partial charge in [0.25, 0.3) is 0 Å². The average molecular weight is 240 g/mol. The van der Waals surface area contributed by atoms with E-state index in [0.717, 1.165) is 18.0 Å². The van der Waals surface area contributed by atoms with E-state index in [0.29, 0.717) is 5.92 Å². The Morgan fingerprint density at radius 1 is 1.69 bits per heavy atom. The Kier molecular flexibility index (Phi) is 3.95. The largest absolute Gasteiger partial charge is 0.396 e. The Morgan fingerprint density at radius 2 is 2.50 bits per heavy atom. The summed E-state index contributed by atoms with van der Waals surface area (Å²) in [6, 6.07) is 0. The lowest BCUT2D eigenvalue weighted by Gasteiger charge is -2.08. The van der Waals surface area contributed by atoms with E-state index in [9.17, 15) is 5.11 Å². The normalized spacial score (nSPS) is 23.8. The number of rotatable bonds is 4. The summed E-state index contributed by atoms with van der Waals surface area (Å²) >= 11 is 1.71. The Hall–Kier alpha value is -0.450. The Balaban J connectivity index is 2.07. The molecule has 2 atom stereocenters. The van der Waals surface area contributed by atoms with Gasteiger partial charge in [0.2, 0.25) is 0 Å². The summed E-state index contributed by atoms with van der Waals surface area (Å²) < 4.78 is 0. The Bertz CT molecular complexity index is 336. The molecule has 0 spiro atoms. The minimum Gasteiger partial charge on any atom is -0.396 e. The Labute approximate surface area is 101 Å². The molecule has 1 aromatic rings. The highest BCUT2D eigenvalue weighted by Gasteiger charge is 2.24. The number of likely N-dealkylation sites (N-methyl/N-ethyl adjacent to an activating group) is 1. The van der Waals surface area contributed by atoms with Crippen molar-refractivity contribution in [2.45, 2.75) is 31.6 Å². The molecule has 2 heterocycles. The molecule has 2 unspecified atom stereocenters. The van der Waals surface area contributed by atoms with Crippen molar-refractivity contribution in [3.63, 3.8) is 0 Å². The van der Waals surface area contributed by atoms with Gasteiger partial charge in [0.15, 0.2) is 0 Å². The lowest BCUT2D eigenvalue weighted by molar-refractivity contribution is 0.262. The van der Waals surface area contributed by atoms with Crippen LogP contribution in [0.3, 0.4) is 0 Å². The molecule has 0 amide bonds. The summed E-state index contributed by atoms with van der Waals surface area (Å²) in [6.45, 7) is 4.62. The molecule has 0 radical (unpaired) electrons. The number of aliphatic hydroxyl groups is 1. The van der Waals surface area contributed by atoms with E-state index in [2.05, 4.69) is 24.3 Å². The summed E-state index contributed by atoms with van der Waals surface area (Å²) in [5.41, 5.74) is 1.23. The molecule has 1 aliphatic rings. The van der Waals surface area contributed by atoms with E-state index < -0.39 is 0 Å². The number of likely N-dealkylation sites (tertiary alicyclic amines) is 1. The van der Waals surface area contributed by atoms with Gasteiger partial charge in [0.05, 0.1) is 17.3 Å². The van der Waals surface area contributed by atoms with Crippen LogP contribution in [-0.4, -0.2) is 41.7 Å². The molecule has 16 heavy (non-hydrogen) atoms. The van der Waals surface area contributed by atoms with E-state index >= 15 is 0 Å². The molecule has 1 N–H and O–H groups in total. The van der Waals surface area contributed by atoms with Crippen LogP contribution in [0, 0.1) is 0 Å². The zero-order valence-corrected chi connectivity index (χ0v) is 10.8. The molecule has 1 aromatic heterocycles. The first-order valence-electron chi connectivity index (χ1n) is 5.99. The second-order valence-electron chi connectivity index (χ2n) is 4.65. The molecule has 1 fully saturated rings. The summed E-state index contributed by atoms with van der Waals surface area (Å²) in [4.78, 5) is 7.05. The molecular formula is C12H20N2OS. The van der Waals surface area contributed by atoms with E-state index in [-0.39, 0.29) is 12.5 Å². The van der Waals surface area contributed by atoms with Gasteiger partial charge in [-0.05, 0) is 26.4 Å². The maximum atomic E-state index is 9.25. The van der Waals surface area contributed by atoms with E-state index in [1.54, 1.807) is 11.3 Å². The van der Waals surface area contributed by atoms with Crippen LogP contribution in [0.15, 0.2) is 5.38 Å². The van der Waals surface area contributed by atoms with Crippen LogP contribution in [0.5, 0.6) is 0 Å². The molecule has 4 heteroatoms. The highest BCUT2D eigenvalue weighted by molar-refractivity contribution is 7.09. The number of aliphatic hydroxyl groups excluding tert-OH is 1. The van der Waals surface area contributed by atoms with Crippen molar-refractivity contribution >= 4 is 11.3 Å². The van der Waals surface area contributed by atoms with Crippen molar-refractivity contribution in [3.05, 3.63) is 16.1 Å². The van der Waals surface area contributed by atoms with Crippen LogP contribution in [0.2, 0.25) is 0 Å². The summed E-state index contributed by atoms with van der Waals surface area (Å²) in [6.07, 6.45) is 2.18. The number of thiazole rings is 1. The van der Waals surface area contributed by atoms with Gasteiger partial charge in [-0.3, -0.25) is 0 Å². The van der Waals surface area contributed by atoms with E-state index in [1.807, 2.05) is 0 Å². The predicted octanol–water partition coefficient (Wildman–Crippen LogP) is 2.05. The molecular weight excluding hydrogens is 220 g/mol. The first-order chi connectivity index (χ1) is 7.74. The molecule has 0 saturated carbocycles. The summed E-state index contributed by atoms with van der Waals surface area (Å²) in [5, 5.41) is 12.5. The monoisotopic (exact) mass is 240 g/mol. The highest BCUT2D eigenvalue weighted by atomic mass is 32.1. The third-order valence-electron chi connectivity index (χ3n) is 3.41. The standard InChI is InChI=1S/C12H20N2OS/c1-3-9(7-15)12-13-11(8-16-12)10-4-5-14(2)6-10/h8-10,15H,3-7H2,1-2H3. The molecule has 0 aromatic carbocycles. The minimum atomic E-state index is 0.216. The van der Waals surface area contributed by atoms with E-state index in [1.165, 1.54) is 18.7 Å². The van der Waals surface area contributed by atoms with Crippen molar-refractivity contribution in [2.75, 3.05) is 26.7 Å². The first-order valence-corrected chi connectivity index (χ1v) is 6.87. The van der Waals surface area contributed by atoms with Gasteiger partial charge in [0.1, 0.15) is 0 Å². The van der Waals surface area contributed by atoms with Crippen molar-refractivity contribution in [1.29, 1.82) is 0 Å². The van der Waals surface area contributed by atoms with Crippen LogP contribution in [0.25, 0.3) is 0 Å². The van der Waals surface area contributed by atoms with Crippen molar-refractivity contribution in [3.8, 4) is 0 Å². The molecule has 0 aliphatic carbocycles. The summed E-state index contributed by atoms with van der Waals surface area (Å²) in [5.74, 6) is 0.837. The number of hydrogen-bond acceptors (Lipinski definition) is 4. The number of nitrogens with zero attached hydrogens (tertiary/aromatic N) is 2. The van der Waals surface area contributed by atoms with Gasteiger partial charge in [-0.2, -0.15) is 0 Å². The maximum absolute atomic E-state index is 9.25. The zero-order valence-electron chi connectivity index (χ0n) is 10.0. The zero-order chi connectivity index (χ0) is 11.5. The summed E-state index contributed by atoms with van der Waals surface area (Å²) in [7, 11) is 2.16. The number of hydrogen-bond donors (Lipinski definition) is 1. The molecule has 90 valence electrons. The van der Waals surface area contributed by atoms with Gasteiger partial charge in [-0.1, -0.05) is 6.92 Å². The maximum Gasteiger partial charge on any atom is 0.0982 e. The van der Waals surface area contributed by atoms with Crippen molar-refractivity contribution in [2.24, 2.45) is 0 Å². The molecule has 2 rings (SSSR count). The van der Waals surface area contributed by atoms with E-state index in [4.69, 9.17) is 4.98 Å². The average Bonchev–Trinajstić information content (AvgIpc) is 2.89. The van der Waals surface area contributed by atoms with Crippen LogP contribution < -0.4 is 0 Å². The van der Waals surface area contributed by atoms with Crippen LogP contribution in [0.4, 0.5) is 0 Å². The quantitative estimate of drug-likeness (QED) is 0.875. The fourth-order valence-electron chi connectivity index (χ4n) is 2.23. The van der Waals surface area contributed by atoms with Gasteiger partial charge in [0, 0.05) is 23.8 Å². The molecule has 3 nitrogen and oxygen atoms in total. The topological polar surface area (TPSA) is 36.4 Å². The second kappa shape index (κ2) is 5.25. The fraction of sp³-hybridized carbons (Fsp3) is 0.750. The SMILES string of the molecule is CCC(CO)c1nc(C2CCN(C)C2)cs1. The third kappa shape index (κ3) is 2.44. The molecule has 1 saturated heterocycles. The molecule has 1 aliphatic heterocycles. The van der Waals surface area contributed by atoms with Crippen LogP contribution >= 0.6 is 11.3 Å². The smallest absolute Gasteiger partial charge is 0.0982 e. The van der Waals surface area contributed by atoms with Gasteiger partial charge in [-0.15, -0.1) is 11.3 Å². The first kappa shape index (κ1) is 12.0. The lowest BCUT2D eigenvalue weighted by atomic mass is 10.1. The van der Waals surface area contributed by atoms with Gasteiger partial charge >= 0.3 is 0 Å². The highest BCUT2D eigenvalue weighted by Crippen LogP contribution is 2.30. The molecule has 0 bridgehead atoms. The lowest BCUT2D eigenvalue weighted by Crippen LogP contribution is -2.13. The Morgan fingerprint density at radius 3 is 3.06 bits per heavy atom. The fourth-order valence-corrected chi connectivity index (χ4v) is 3.31. The van der Waals surface area contributed by atoms with Gasteiger partial charge in [-0.25, -0.2) is 4.98 Å². The number of aromatic nitrogens is 1. The van der Waals surface area contributed by atoms with Crippen LogP contribution in [0.1, 0.15) is 42.3 Å². The van der Waals surface area contributed by atoms with Crippen LogP contribution in [-0.2, 0) is 0 Å². The van der Waals surface area contributed by atoms with Gasteiger partial charge < -0.3 is 10.0 Å². The third-order valence-corrected chi connectivity index (χ3v) is 4.44. The predicted molar refractivity (Wildman–Crippen MR) is 67.1 cm³/mol.